The maximum Gasteiger partial charge on any atom is 0.257 e. The van der Waals surface area contributed by atoms with Gasteiger partial charge in [0.2, 0.25) is 0 Å². The van der Waals surface area contributed by atoms with E-state index in [0.717, 1.165) is 12.8 Å². The lowest BCUT2D eigenvalue weighted by molar-refractivity contribution is 0.0615. The van der Waals surface area contributed by atoms with Crippen LogP contribution in [-0.2, 0) is 0 Å². The number of nitrogens with zero attached hydrogens (tertiary/aromatic N) is 1. The van der Waals surface area contributed by atoms with Crippen LogP contribution in [0.15, 0.2) is 18.2 Å². The molecule has 104 valence electrons. The van der Waals surface area contributed by atoms with Crippen LogP contribution in [-0.4, -0.2) is 41.7 Å². The Bertz CT molecular complexity index is 476. The molecule has 19 heavy (non-hydrogen) atoms. The van der Waals surface area contributed by atoms with Gasteiger partial charge in [0, 0.05) is 18.6 Å². The maximum absolute atomic E-state index is 12.5. The fourth-order valence-electron chi connectivity index (χ4n) is 2.48. The second kappa shape index (κ2) is 5.48. The minimum atomic E-state index is -0.171. The molecule has 1 aromatic carbocycles. The summed E-state index contributed by atoms with van der Waals surface area (Å²) in [5, 5.41) is 9.84. The van der Waals surface area contributed by atoms with Gasteiger partial charge in [-0.1, -0.05) is 0 Å². The zero-order valence-corrected chi connectivity index (χ0v) is 11.3. The van der Waals surface area contributed by atoms with Gasteiger partial charge in [-0.3, -0.25) is 4.79 Å². The van der Waals surface area contributed by atoms with Gasteiger partial charge >= 0.3 is 0 Å². The van der Waals surface area contributed by atoms with Crippen molar-refractivity contribution >= 4 is 5.91 Å². The molecule has 0 bridgehead atoms. The molecule has 1 fully saturated rings. The summed E-state index contributed by atoms with van der Waals surface area (Å²) in [6.45, 7) is 2.60. The van der Waals surface area contributed by atoms with Gasteiger partial charge in [-0.2, -0.15) is 0 Å². The predicted octanol–water partition coefficient (Wildman–Crippen LogP) is 1.35. The van der Waals surface area contributed by atoms with E-state index < -0.39 is 0 Å². The molecule has 0 aromatic heterocycles. The second-order valence-corrected chi connectivity index (χ2v) is 5.02. The van der Waals surface area contributed by atoms with Crippen LogP contribution in [0.2, 0.25) is 0 Å². The Morgan fingerprint density at radius 1 is 1.53 bits per heavy atom. The molecular weight excluding hydrogens is 244 g/mol. The van der Waals surface area contributed by atoms with Gasteiger partial charge in [0.05, 0.1) is 12.7 Å². The van der Waals surface area contributed by atoms with Gasteiger partial charge < -0.3 is 20.5 Å². The normalized spacial score (nSPS) is 23.2. The molecule has 1 aromatic rings. The highest BCUT2D eigenvalue weighted by Gasteiger charge is 2.29. The summed E-state index contributed by atoms with van der Waals surface area (Å²) in [6.07, 6.45) is 1.58. The van der Waals surface area contributed by atoms with E-state index in [2.05, 4.69) is 0 Å². The van der Waals surface area contributed by atoms with Gasteiger partial charge in [-0.25, -0.2) is 0 Å². The van der Waals surface area contributed by atoms with Gasteiger partial charge in [0.15, 0.2) is 0 Å². The standard InChI is InChI=1S/C14H20N2O3/c1-9-7-10(15)5-6-16(9)14(18)12-8-11(19-2)3-4-13(12)17/h3-4,8-10,17H,5-7,15H2,1-2H3. The Morgan fingerprint density at radius 2 is 2.26 bits per heavy atom. The Kier molecular flexibility index (Phi) is 3.95. The summed E-state index contributed by atoms with van der Waals surface area (Å²) in [7, 11) is 1.53. The second-order valence-electron chi connectivity index (χ2n) is 5.02. The molecule has 1 heterocycles. The molecule has 1 saturated heterocycles. The zero-order chi connectivity index (χ0) is 14.0. The van der Waals surface area contributed by atoms with Crippen LogP contribution < -0.4 is 10.5 Å². The third-order valence-electron chi connectivity index (χ3n) is 3.61. The van der Waals surface area contributed by atoms with E-state index in [1.165, 1.54) is 13.2 Å². The highest BCUT2D eigenvalue weighted by Crippen LogP contribution is 2.26. The van der Waals surface area contributed by atoms with Crippen molar-refractivity contribution in [1.82, 2.24) is 4.90 Å². The van der Waals surface area contributed by atoms with Crippen molar-refractivity contribution in [3.63, 3.8) is 0 Å². The molecule has 0 radical (unpaired) electrons. The minimum Gasteiger partial charge on any atom is -0.507 e. The number of nitrogens with two attached hydrogens (primary N) is 1. The van der Waals surface area contributed by atoms with Crippen molar-refractivity contribution < 1.29 is 14.6 Å². The van der Waals surface area contributed by atoms with E-state index in [9.17, 15) is 9.90 Å². The lowest BCUT2D eigenvalue weighted by Crippen LogP contribution is -2.48. The van der Waals surface area contributed by atoms with Crippen molar-refractivity contribution in [2.75, 3.05) is 13.7 Å². The van der Waals surface area contributed by atoms with Gasteiger partial charge in [0.25, 0.3) is 5.91 Å². The molecule has 2 unspecified atom stereocenters. The molecule has 0 saturated carbocycles. The molecule has 1 aliphatic rings. The smallest absolute Gasteiger partial charge is 0.257 e. The Balaban J connectivity index is 2.24. The van der Waals surface area contributed by atoms with E-state index in [1.807, 2.05) is 6.92 Å². The van der Waals surface area contributed by atoms with Crippen LogP contribution in [0.4, 0.5) is 0 Å². The summed E-state index contributed by atoms with van der Waals surface area (Å²) in [5.41, 5.74) is 6.17. The fraction of sp³-hybridized carbons (Fsp3) is 0.500. The molecule has 0 spiro atoms. The summed E-state index contributed by atoms with van der Waals surface area (Å²) < 4.78 is 5.09. The SMILES string of the molecule is COc1ccc(O)c(C(=O)N2CCC(N)CC2C)c1. The van der Waals surface area contributed by atoms with Crippen molar-refractivity contribution in [2.45, 2.75) is 31.8 Å². The fourth-order valence-corrected chi connectivity index (χ4v) is 2.48. The highest BCUT2D eigenvalue weighted by atomic mass is 16.5. The number of ether oxygens (including phenoxy) is 1. The molecular formula is C14H20N2O3. The van der Waals surface area contributed by atoms with E-state index in [4.69, 9.17) is 10.5 Å². The molecule has 1 aliphatic heterocycles. The van der Waals surface area contributed by atoms with Crippen LogP contribution in [0, 0.1) is 0 Å². The number of likely N-dealkylation sites (tertiary alicyclic amines) is 1. The first kappa shape index (κ1) is 13.7. The molecule has 5 nitrogen and oxygen atoms in total. The first-order valence-electron chi connectivity index (χ1n) is 6.46. The van der Waals surface area contributed by atoms with Gasteiger partial charge in [-0.05, 0) is 38.0 Å². The number of hydrogen-bond donors (Lipinski definition) is 2. The number of rotatable bonds is 2. The van der Waals surface area contributed by atoms with E-state index in [0.29, 0.717) is 12.3 Å². The molecule has 2 atom stereocenters. The van der Waals surface area contributed by atoms with Crippen LogP contribution in [0.3, 0.4) is 0 Å². The average molecular weight is 264 g/mol. The first-order valence-corrected chi connectivity index (χ1v) is 6.46. The van der Waals surface area contributed by atoms with Crippen LogP contribution in [0.1, 0.15) is 30.1 Å². The van der Waals surface area contributed by atoms with Gasteiger partial charge in [-0.15, -0.1) is 0 Å². The lowest BCUT2D eigenvalue weighted by Gasteiger charge is -2.36. The maximum atomic E-state index is 12.5. The van der Waals surface area contributed by atoms with Crippen LogP contribution >= 0.6 is 0 Å². The van der Waals surface area contributed by atoms with Crippen molar-refractivity contribution in [1.29, 1.82) is 0 Å². The quantitative estimate of drug-likeness (QED) is 0.845. The topological polar surface area (TPSA) is 75.8 Å². The number of aromatic hydroxyl groups is 1. The summed E-state index contributed by atoms with van der Waals surface area (Å²) in [5.74, 6) is 0.367. The third-order valence-corrected chi connectivity index (χ3v) is 3.61. The molecule has 3 N–H and O–H groups in total. The van der Waals surface area contributed by atoms with Crippen LogP contribution in [0.5, 0.6) is 11.5 Å². The number of hydrogen-bond acceptors (Lipinski definition) is 4. The van der Waals surface area contributed by atoms with Crippen molar-refractivity contribution in [3.05, 3.63) is 23.8 Å². The third kappa shape index (κ3) is 2.81. The molecule has 0 aliphatic carbocycles. The Labute approximate surface area is 113 Å². The largest absolute Gasteiger partial charge is 0.507 e. The number of methoxy groups -OCH3 is 1. The van der Waals surface area contributed by atoms with E-state index in [1.54, 1.807) is 17.0 Å². The van der Waals surface area contributed by atoms with E-state index in [-0.39, 0.29) is 29.3 Å². The van der Waals surface area contributed by atoms with E-state index >= 15 is 0 Å². The number of amides is 1. The summed E-state index contributed by atoms with van der Waals surface area (Å²) in [6, 6.07) is 4.91. The van der Waals surface area contributed by atoms with Gasteiger partial charge in [0.1, 0.15) is 11.5 Å². The summed E-state index contributed by atoms with van der Waals surface area (Å²) >= 11 is 0. The summed E-state index contributed by atoms with van der Waals surface area (Å²) in [4.78, 5) is 14.2. The number of phenolic OH excluding ortho intramolecular Hbond substituents is 1. The lowest BCUT2D eigenvalue weighted by atomic mass is 9.98. The predicted molar refractivity (Wildman–Crippen MR) is 72.4 cm³/mol. The highest BCUT2D eigenvalue weighted by molar-refractivity contribution is 5.97. The van der Waals surface area contributed by atoms with Crippen LogP contribution in [0.25, 0.3) is 0 Å². The number of carbonyl (C=O) groups is 1. The monoisotopic (exact) mass is 264 g/mol. The van der Waals surface area contributed by atoms with Crippen molar-refractivity contribution in [2.24, 2.45) is 5.73 Å². The first-order chi connectivity index (χ1) is 9.02. The average Bonchev–Trinajstić information content (AvgIpc) is 2.38. The zero-order valence-electron chi connectivity index (χ0n) is 11.3. The molecule has 5 heteroatoms. The number of carbonyl (C=O) groups excluding carboxylic acids is 1. The number of piperidine rings is 1. The molecule has 1 amide bonds. The van der Waals surface area contributed by atoms with Crippen molar-refractivity contribution in [3.8, 4) is 11.5 Å². The Morgan fingerprint density at radius 3 is 2.89 bits per heavy atom. The number of benzene rings is 1. The minimum absolute atomic E-state index is 0.0205. The molecule has 2 rings (SSSR count). The number of phenols is 1. The Hall–Kier alpha value is -1.75.